The van der Waals surface area contributed by atoms with Gasteiger partial charge in [0, 0.05) is 35.8 Å². The van der Waals surface area contributed by atoms with E-state index < -0.39 is 0 Å². The molecule has 5 heteroatoms. The summed E-state index contributed by atoms with van der Waals surface area (Å²) in [5.74, 6) is 0.670. The van der Waals surface area contributed by atoms with Gasteiger partial charge in [-0.05, 0) is 73.9 Å². The number of rotatable bonds is 4. The molecule has 2 saturated heterocycles. The SMILES string of the molecule is Cc1ccc(CN2CCC3(CC2)C[C@H](CC(=O)N2CCOCC2)c2ccccc23)s1. The molecule has 3 aliphatic rings. The maximum absolute atomic E-state index is 13.0. The molecule has 1 aliphatic carbocycles. The van der Waals surface area contributed by atoms with Crippen molar-refractivity contribution >= 4 is 17.2 Å². The highest BCUT2D eigenvalue weighted by atomic mass is 32.1. The van der Waals surface area contributed by atoms with Gasteiger partial charge in [-0.3, -0.25) is 9.69 Å². The maximum Gasteiger partial charge on any atom is 0.223 e. The Morgan fingerprint density at radius 1 is 1.10 bits per heavy atom. The number of aryl methyl sites for hydroxylation is 1. The van der Waals surface area contributed by atoms with Crippen LogP contribution in [-0.4, -0.2) is 55.1 Å². The fourth-order valence-corrected chi connectivity index (χ4v) is 6.70. The van der Waals surface area contributed by atoms with Gasteiger partial charge in [-0.25, -0.2) is 0 Å². The van der Waals surface area contributed by atoms with Crippen molar-refractivity contribution in [2.45, 2.75) is 50.5 Å². The summed E-state index contributed by atoms with van der Waals surface area (Å²) in [7, 11) is 0. The lowest BCUT2D eigenvalue weighted by atomic mass is 9.73. The Morgan fingerprint density at radius 2 is 1.87 bits per heavy atom. The smallest absolute Gasteiger partial charge is 0.223 e. The molecule has 30 heavy (non-hydrogen) atoms. The average Bonchev–Trinajstić information content (AvgIpc) is 3.32. The van der Waals surface area contributed by atoms with E-state index in [1.807, 2.05) is 16.2 Å². The van der Waals surface area contributed by atoms with Crippen LogP contribution in [0.2, 0.25) is 0 Å². The van der Waals surface area contributed by atoms with Crippen LogP contribution in [0.1, 0.15) is 52.5 Å². The molecule has 1 atom stereocenters. The Bertz CT molecular complexity index is 894. The van der Waals surface area contributed by atoms with E-state index in [9.17, 15) is 4.79 Å². The number of thiophene rings is 1. The van der Waals surface area contributed by atoms with Crippen molar-refractivity contribution in [3.05, 3.63) is 57.3 Å². The molecule has 1 aromatic carbocycles. The van der Waals surface area contributed by atoms with Crippen molar-refractivity contribution in [2.75, 3.05) is 39.4 Å². The largest absolute Gasteiger partial charge is 0.378 e. The third-order valence-corrected chi connectivity index (χ3v) is 8.37. The van der Waals surface area contributed by atoms with Crippen LogP contribution in [-0.2, 0) is 21.5 Å². The first-order chi connectivity index (χ1) is 14.6. The minimum Gasteiger partial charge on any atom is -0.378 e. The Kier molecular flexibility index (Phi) is 5.69. The van der Waals surface area contributed by atoms with Gasteiger partial charge in [0.1, 0.15) is 0 Å². The first-order valence-electron chi connectivity index (χ1n) is 11.4. The number of hydrogen-bond acceptors (Lipinski definition) is 4. The second-order valence-corrected chi connectivity index (χ2v) is 10.6. The van der Waals surface area contributed by atoms with Gasteiger partial charge in [-0.2, -0.15) is 0 Å². The van der Waals surface area contributed by atoms with Crippen LogP contribution in [0.5, 0.6) is 0 Å². The van der Waals surface area contributed by atoms with Crippen LogP contribution in [0.25, 0.3) is 0 Å². The number of ether oxygens (including phenoxy) is 1. The van der Waals surface area contributed by atoms with Crippen LogP contribution in [0.3, 0.4) is 0 Å². The fourth-order valence-electron chi connectivity index (χ4n) is 5.77. The highest BCUT2D eigenvalue weighted by Crippen LogP contribution is 2.52. The molecular weight excluding hydrogens is 392 g/mol. The van der Waals surface area contributed by atoms with Gasteiger partial charge in [-0.1, -0.05) is 24.3 Å². The number of carbonyl (C=O) groups excluding carboxylic acids is 1. The molecule has 0 N–H and O–H groups in total. The molecule has 2 aromatic rings. The Morgan fingerprint density at radius 3 is 2.60 bits per heavy atom. The first-order valence-corrected chi connectivity index (χ1v) is 12.2. The summed E-state index contributed by atoms with van der Waals surface area (Å²) in [5, 5.41) is 0. The molecule has 160 valence electrons. The molecule has 0 saturated carbocycles. The Balaban J connectivity index is 1.27. The van der Waals surface area contributed by atoms with Crippen molar-refractivity contribution in [1.82, 2.24) is 9.80 Å². The number of morpholine rings is 1. The van der Waals surface area contributed by atoms with E-state index in [-0.39, 0.29) is 5.41 Å². The lowest BCUT2D eigenvalue weighted by molar-refractivity contribution is -0.135. The van der Waals surface area contributed by atoms with Crippen LogP contribution in [0, 0.1) is 6.92 Å². The molecular formula is C25H32N2O2S. The van der Waals surface area contributed by atoms with Crippen LogP contribution < -0.4 is 0 Å². The summed E-state index contributed by atoms with van der Waals surface area (Å²) in [5.41, 5.74) is 3.21. The number of benzene rings is 1. The molecule has 3 heterocycles. The molecule has 0 unspecified atom stereocenters. The topological polar surface area (TPSA) is 32.8 Å². The van der Waals surface area contributed by atoms with E-state index in [0.29, 0.717) is 31.5 Å². The monoisotopic (exact) mass is 424 g/mol. The highest BCUT2D eigenvalue weighted by Gasteiger charge is 2.45. The molecule has 2 fully saturated rings. The number of nitrogens with zero attached hydrogens (tertiary/aromatic N) is 2. The molecule has 1 spiro atoms. The summed E-state index contributed by atoms with van der Waals surface area (Å²) < 4.78 is 5.42. The van der Waals surface area contributed by atoms with E-state index >= 15 is 0 Å². The minimum absolute atomic E-state index is 0.258. The Labute approximate surface area is 183 Å². The standard InChI is InChI=1S/C25H32N2O2S/c1-19-6-7-21(30-19)18-26-10-8-25(9-11-26)17-20(22-4-2-3-5-23(22)25)16-24(28)27-12-14-29-15-13-27/h2-7,20H,8-18H2,1H3/t20-/m0/s1. The fraction of sp³-hybridized carbons (Fsp3) is 0.560. The minimum atomic E-state index is 0.258. The normalized spacial score (nSPS) is 23.6. The summed E-state index contributed by atoms with van der Waals surface area (Å²) in [6.07, 6.45) is 4.19. The number of carbonyl (C=O) groups is 1. The third-order valence-electron chi connectivity index (χ3n) is 7.38. The van der Waals surface area contributed by atoms with E-state index in [2.05, 4.69) is 48.2 Å². The zero-order valence-electron chi connectivity index (χ0n) is 17.9. The van der Waals surface area contributed by atoms with E-state index in [0.717, 1.165) is 39.1 Å². The molecule has 5 rings (SSSR count). The Hall–Kier alpha value is -1.69. The van der Waals surface area contributed by atoms with Crippen molar-refractivity contribution in [1.29, 1.82) is 0 Å². The first kappa shape index (κ1) is 20.2. The van der Waals surface area contributed by atoms with E-state index in [1.54, 1.807) is 0 Å². The van der Waals surface area contributed by atoms with E-state index in [1.165, 1.54) is 33.7 Å². The third kappa shape index (κ3) is 3.95. The zero-order chi connectivity index (χ0) is 20.6. The average molecular weight is 425 g/mol. The molecule has 1 amide bonds. The molecule has 0 radical (unpaired) electrons. The summed E-state index contributed by atoms with van der Waals surface area (Å²) >= 11 is 1.92. The predicted octanol–water partition coefficient (Wildman–Crippen LogP) is 4.33. The molecule has 1 aromatic heterocycles. The van der Waals surface area contributed by atoms with E-state index in [4.69, 9.17) is 4.74 Å². The number of amides is 1. The van der Waals surface area contributed by atoms with Crippen LogP contribution in [0.15, 0.2) is 36.4 Å². The van der Waals surface area contributed by atoms with Crippen molar-refractivity contribution in [2.24, 2.45) is 0 Å². The van der Waals surface area contributed by atoms with Gasteiger partial charge >= 0.3 is 0 Å². The molecule has 4 nitrogen and oxygen atoms in total. The van der Waals surface area contributed by atoms with Gasteiger partial charge in [0.25, 0.3) is 0 Å². The van der Waals surface area contributed by atoms with Gasteiger partial charge in [-0.15, -0.1) is 11.3 Å². The number of likely N-dealkylation sites (tertiary alicyclic amines) is 1. The molecule has 0 bridgehead atoms. The summed E-state index contributed by atoms with van der Waals surface area (Å²) in [6.45, 7) is 8.41. The van der Waals surface area contributed by atoms with Crippen molar-refractivity contribution in [3.63, 3.8) is 0 Å². The zero-order valence-corrected chi connectivity index (χ0v) is 18.8. The second kappa shape index (κ2) is 8.45. The highest BCUT2D eigenvalue weighted by molar-refractivity contribution is 7.11. The van der Waals surface area contributed by atoms with Gasteiger partial charge in [0.15, 0.2) is 0 Å². The van der Waals surface area contributed by atoms with Gasteiger partial charge < -0.3 is 9.64 Å². The second-order valence-electron chi connectivity index (χ2n) is 9.25. The van der Waals surface area contributed by atoms with Gasteiger partial charge in [0.2, 0.25) is 5.91 Å². The van der Waals surface area contributed by atoms with Crippen molar-refractivity contribution in [3.8, 4) is 0 Å². The number of piperidine rings is 1. The van der Waals surface area contributed by atoms with Crippen LogP contribution >= 0.6 is 11.3 Å². The molecule has 2 aliphatic heterocycles. The summed E-state index contributed by atoms with van der Waals surface area (Å²) in [6, 6.07) is 13.5. The van der Waals surface area contributed by atoms with Crippen molar-refractivity contribution < 1.29 is 9.53 Å². The van der Waals surface area contributed by atoms with Gasteiger partial charge in [0.05, 0.1) is 13.2 Å². The van der Waals surface area contributed by atoms with Crippen LogP contribution in [0.4, 0.5) is 0 Å². The quantitative estimate of drug-likeness (QED) is 0.733. The predicted molar refractivity (Wildman–Crippen MR) is 121 cm³/mol. The summed E-state index contributed by atoms with van der Waals surface area (Å²) in [4.78, 5) is 20.4. The number of fused-ring (bicyclic) bond motifs is 2. The maximum atomic E-state index is 13.0. The lowest BCUT2D eigenvalue weighted by Gasteiger charge is -2.40. The number of hydrogen-bond donors (Lipinski definition) is 0. The lowest BCUT2D eigenvalue weighted by Crippen LogP contribution is -2.42.